The number of nitrogens with one attached hydrogen (secondary N) is 1. The van der Waals surface area contributed by atoms with E-state index in [0.29, 0.717) is 18.5 Å². The summed E-state index contributed by atoms with van der Waals surface area (Å²) < 4.78 is 4.60. The van der Waals surface area contributed by atoms with Crippen molar-refractivity contribution in [2.24, 2.45) is 0 Å². The first kappa shape index (κ1) is 15.4. The fourth-order valence-corrected chi connectivity index (χ4v) is 1.86. The average molecular weight is 263 g/mol. The van der Waals surface area contributed by atoms with E-state index in [1.54, 1.807) is 0 Å². The molecule has 0 fully saturated rings. The summed E-state index contributed by atoms with van der Waals surface area (Å²) in [5.74, 6) is -0.273. The van der Waals surface area contributed by atoms with E-state index in [1.165, 1.54) is 7.11 Å². The molecule has 0 aromatic heterocycles. The first-order valence-electron chi connectivity index (χ1n) is 6.49. The Morgan fingerprint density at radius 2 is 1.89 bits per heavy atom. The van der Waals surface area contributed by atoms with Crippen LogP contribution in [0.15, 0.2) is 24.3 Å². The van der Waals surface area contributed by atoms with Gasteiger partial charge in [-0.15, -0.1) is 0 Å². The van der Waals surface area contributed by atoms with Gasteiger partial charge in [-0.1, -0.05) is 36.8 Å². The summed E-state index contributed by atoms with van der Waals surface area (Å²) in [7, 11) is 1.35. The van der Waals surface area contributed by atoms with Crippen LogP contribution in [0.25, 0.3) is 0 Å². The number of carbonyl (C=O) groups excluding carboxylic acids is 2. The standard InChI is InChI=1S/C15H21NO3/c1-4-16-13(9-10-14(17)19-3)15(18)12-7-5-11(2)6-8-12/h5-8,13,16H,4,9-10H2,1-3H3. The zero-order valence-electron chi connectivity index (χ0n) is 11.7. The summed E-state index contributed by atoms with van der Waals surface area (Å²) in [6.45, 7) is 4.60. The second-order valence-corrected chi connectivity index (χ2v) is 4.46. The molecule has 1 aromatic rings. The SMILES string of the molecule is CCNC(CCC(=O)OC)C(=O)c1ccc(C)cc1. The molecule has 4 nitrogen and oxygen atoms in total. The molecule has 0 bridgehead atoms. The maximum Gasteiger partial charge on any atom is 0.305 e. The number of benzene rings is 1. The summed E-state index contributed by atoms with van der Waals surface area (Å²) in [6.07, 6.45) is 0.693. The molecule has 19 heavy (non-hydrogen) atoms. The minimum absolute atomic E-state index is 0.0192. The van der Waals surface area contributed by atoms with E-state index in [-0.39, 0.29) is 24.2 Å². The van der Waals surface area contributed by atoms with Gasteiger partial charge in [-0.25, -0.2) is 0 Å². The normalized spacial score (nSPS) is 11.9. The van der Waals surface area contributed by atoms with E-state index >= 15 is 0 Å². The molecule has 1 unspecified atom stereocenters. The van der Waals surface area contributed by atoms with Crippen molar-refractivity contribution >= 4 is 11.8 Å². The monoisotopic (exact) mass is 263 g/mol. The summed E-state index contributed by atoms with van der Waals surface area (Å²) in [6, 6.07) is 7.12. The summed E-state index contributed by atoms with van der Waals surface area (Å²) in [5.41, 5.74) is 1.78. The quantitative estimate of drug-likeness (QED) is 0.604. The molecule has 0 radical (unpaired) electrons. The molecular weight excluding hydrogens is 242 g/mol. The van der Waals surface area contributed by atoms with E-state index in [1.807, 2.05) is 38.1 Å². The van der Waals surface area contributed by atoms with Crippen LogP contribution in [0.3, 0.4) is 0 Å². The number of aryl methyl sites for hydroxylation is 1. The smallest absolute Gasteiger partial charge is 0.305 e. The van der Waals surface area contributed by atoms with Crippen molar-refractivity contribution in [1.82, 2.24) is 5.32 Å². The van der Waals surface area contributed by atoms with Gasteiger partial charge in [0, 0.05) is 12.0 Å². The second kappa shape index (κ2) is 7.69. The fourth-order valence-electron chi connectivity index (χ4n) is 1.86. The highest BCUT2D eigenvalue weighted by molar-refractivity contribution is 6.00. The molecule has 0 heterocycles. The Bertz CT molecular complexity index is 426. The van der Waals surface area contributed by atoms with Crippen LogP contribution in [0.2, 0.25) is 0 Å². The van der Waals surface area contributed by atoms with E-state index in [4.69, 9.17) is 0 Å². The minimum atomic E-state index is -0.341. The van der Waals surface area contributed by atoms with Crippen LogP contribution in [0.4, 0.5) is 0 Å². The third-order valence-electron chi connectivity index (χ3n) is 2.97. The summed E-state index contributed by atoms with van der Waals surface area (Å²) in [4.78, 5) is 23.5. The number of Topliss-reactive ketones (excluding diaryl/α,β-unsaturated/α-hetero) is 1. The molecule has 1 N–H and O–H groups in total. The summed E-state index contributed by atoms with van der Waals surface area (Å²) >= 11 is 0. The van der Waals surface area contributed by atoms with Crippen LogP contribution in [0.1, 0.15) is 35.7 Å². The largest absolute Gasteiger partial charge is 0.469 e. The predicted molar refractivity (Wildman–Crippen MR) is 74.2 cm³/mol. The van der Waals surface area contributed by atoms with Gasteiger partial charge >= 0.3 is 5.97 Å². The van der Waals surface area contributed by atoms with E-state index in [0.717, 1.165) is 5.56 Å². The van der Waals surface area contributed by atoms with Gasteiger partial charge in [0.25, 0.3) is 0 Å². The maximum atomic E-state index is 12.3. The van der Waals surface area contributed by atoms with E-state index < -0.39 is 0 Å². The first-order valence-corrected chi connectivity index (χ1v) is 6.49. The first-order chi connectivity index (χ1) is 9.08. The van der Waals surface area contributed by atoms with Crippen LogP contribution >= 0.6 is 0 Å². The molecular formula is C15H21NO3. The average Bonchev–Trinajstić information content (AvgIpc) is 2.43. The van der Waals surface area contributed by atoms with Gasteiger partial charge < -0.3 is 10.1 Å². The Morgan fingerprint density at radius 1 is 1.26 bits per heavy atom. The zero-order valence-corrected chi connectivity index (χ0v) is 11.7. The zero-order chi connectivity index (χ0) is 14.3. The molecule has 0 aliphatic heterocycles. The number of hydrogen-bond donors (Lipinski definition) is 1. The fraction of sp³-hybridized carbons (Fsp3) is 0.467. The van der Waals surface area contributed by atoms with Gasteiger partial charge in [0.2, 0.25) is 0 Å². The number of ether oxygens (including phenoxy) is 1. The Kier molecular flexibility index (Phi) is 6.22. The molecule has 104 valence electrons. The Hall–Kier alpha value is -1.68. The van der Waals surface area contributed by atoms with Gasteiger partial charge in [0.05, 0.1) is 13.2 Å². The molecule has 0 amide bonds. The van der Waals surface area contributed by atoms with Crippen LogP contribution in [-0.4, -0.2) is 31.4 Å². The minimum Gasteiger partial charge on any atom is -0.469 e. The van der Waals surface area contributed by atoms with Gasteiger partial charge in [-0.05, 0) is 19.9 Å². The van der Waals surface area contributed by atoms with Crippen molar-refractivity contribution in [2.45, 2.75) is 32.7 Å². The highest BCUT2D eigenvalue weighted by Gasteiger charge is 2.20. The lowest BCUT2D eigenvalue weighted by Gasteiger charge is -2.16. The molecule has 1 aromatic carbocycles. The van der Waals surface area contributed by atoms with Crippen LogP contribution in [0, 0.1) is 6.92 Å². The molecule has 0 aliphatic carbocycles. The number of likely N-dealkylation sites (N-methyl/N-ethyl adjacent to an activating group) is 1. The molecule has 1 atom stereocenters. The number of carbonyl (C=O) groups is 2. The molecule has 0 saturated heterocycles. The Labute approximate surface area is 114 Å². The van der Waals surface area contributed by atoms with Crippen molar-refractivity contribution in [3.05, 3.63) is 35.4 Å². The van der Waals surface area contributed by atoms with Gasteiger partial charge in [-0.2, -0.15) is 0 Å². The Morgan fingerprint density at radius 3 is 2.42 bits per heavy atom. The van der Waals surface area contributed by atoms with E-state index in [9.17, 15) is 9.59 Å². The second-order valence-electron chi connectivity index (χ2n) is 4.46. The van der Waals surface area contributed by atoms with Crippen LogP contribution in [0.5, 0.6) is 0 Å². The van der Waals surface area contributed by atoms with Crippen LogP contribution in [-0.2, 0) is 9.53 Å². The highest BCUT2D eigenvalue weighted by Crippen LogP contribution is 2.10. The highest BCUT2D eigenvalue weighted by atomic mass is 16.5. The molecule has 0 spiro atoms. The number of ketones is 1. The molecule has 4 heteroatoms. The number of hydrogen-bond acceptors (Lipinski definition) is 4. The molecule has 0 saturated carbocycles. The van der Waals surface area contributed by atoms with Crippen LogP contribution < -0.4 is 5.32 Å². The van der Waals surface area contributed by atoms with Crippen molar-refractivity contribution in [3.8, 4) is 0 Å². The Balaban J connectivity index is 2.71. The lowest BCUT2D eigenvalue weighted by molar-refractivity contribution is -0.140. The third-order valence-corrected chi connectivity index (χ3v) is 2.97. The number of esters is 1. The number of methoxy groups -OCH3 is 1. The lowest BCUT2D eigenvalue weighted by atomic mass is 9.99. The van der Waals surface area contributed by atoms with E-state index in [2.05, 4.69) is 10.1 Å². The van der Waals surface area contributed by atoms with Gasteiger partial charge in [0.15, 0.2) is 5.78 Å². The van der Waals surface area contributed by atoms with Gasteiger partial charge in [-0.3, -0.25) is 9.59 Å². The topological polar surface area (TPSA) is 55.4 Å². The predicted octanol–water partition coefficient (Wildman–Crippen LogP) is 2.11. The number of rotatable bonds is 7. The lowest BCUT2D eigenvalue weighted by Crippen LogP contribution is -2.37. The van der Waals surface area contributed by atoms with Gasteiger partial charge in [0.1, 0.15) is 0 Å². The summed E-state index contributed by atoms with van der Waals surface area (Å²) in [5, 5.41) is 3.12. The molecule has 1 rings (SSSR count). The third kappa shape index (κ3) is 4.83. The van der Waals surface area contributed by atoms with Crippen molar-refractivity contribution in [2.75, 3.05) is 13.7 Å². The molecule has 0 aliphatic rings. The van der Waals surface area contributed by atoms with Crippen molar-refractivity contribution in [1.29, 1.82) is 0 Å². The van der Waals surface area contributed by atoms with Crippen molar-refractivity contribution in [3.63, 3.8) is 0 Å². The maximum absolute atomic E-state index is 12.3. The van der Waals surface area contributed by atoms with Crippen molar-refractivity contribution < 1.29 is 14.3 Å².